The molecular weight excluding hydrogens is 374 g/mol. The van der Waals surface area contributed by atoms with Crippen LogP contribution in [0.15, 0.2) is 37.2 Å². The minimum atomic E-state index is -0.191. The van der Waals surface area contributed by atoms with Crippen molar-refractivity contribution in [3.8, 4) is 10.8 Å². The molecule has 4 rings (SSSR count). The van der Waals surface area contributed by atoms with E-state index in [2.05, 4.69) is 28.6 Å². The Hall–Kier alpha value is -2.84. The summed E-state index contributed by atoms with van der Waals surface area (Å²) in [5.74, 6) is -0.0651. The van der Waals surface area contributed by atoms with E-state index in [0.29, 0.717) is 10.6 Å². The molecule has 1 aliphatic heterocycles. The maximum atomic E-state index is 11.3. The number of fused-ring (bicyclic) bond motifs is 1. The van der Waals surface area contributed by atoms with Crippen molar-refractivity contribution < 1.29 is 9.90 Å². The first-order valence-corrected chi connectivity index (χ1v) is 9.99. The van der Waals surface area contributed by atoms with Crippen LogP contribution in [-0.2, 0) is 11.3 Å². The fourth-order valence-electron chi connectivity index (χ4n) is 3.68. The predicted octanol–water partition coefficient (Wildman–Crippen LogP) is 2.42. The average Bonchev–Trinajstić information content (AvgIpc) is 3.25. The number of nitrogens with two attached hydrogens (primary N) is 2. The van der Waals surface area contributed by atoms with Crippen LogP contribution in [0.2, 0.25) is 0 Å². The molecule has 0 unspecified atom stereocenters. The molecule has 8 heteroatoms. The van der Waals surface area contributed by atoms with Crippen LogP contribution >= 0.6 is 11.3 Å². The molecule has 1 amide bonds. The van der Waals surface area contributed by atoms with Gasteiger partial charge in [-0.05, 0) is 43.6 Å². The van der Waals surface area contributed by atoms with E-state index in [4.69, 9.17) is 11.5 Å². The van der Waals surface area contributed by atoms with Gasteiger partial charge in [-0.2, -0.15) is 0 Å². The van der Waals surface area contributed by atoms with Crippen LogP contribution in [-0.4, -0.2) is 38.6 Å². The van der Waals surface area contributed by atoms with Crippen molar-refractivity contribution in [2.45, 2.75) is 19.4 Å². The molecule has 146 valence electrons. The number of thiophene rings is 1. The van der Waals surface area contributed by atoms with Crippen molar-refractivity contribution in [1.29, 1.82) is 0 Å². The van der Waals surface area contributed by atoms with E-state index in [0.717, 1.165) is 48.5 Å². The molecule has 7 nitrogen and oxygen atoms in total. The minimum Gasteiger partial charge on any atom is -0.506 e. The number of hydrogen-bond acceptors (Lipinski definition) is 6. The Balaban J connectivity index is 1.58. The fourth-order valence-corrected chi connectivity index (χ4v) is 4.60. The number of amides is 1. The van der Waals surface area contributed by atoms with Crippen LogP contribution in [0.25, 0.3) is 21.7 Å². The summed E-state index contributed by atoms with van der Waals surface area (Å²) in [7, 11) is 0. The number of aromatic hydroxyl groups is 1. The molecule has 1 saturated heterocycles. The summed E-state index contributed by atoms with van der Waals surface area (Å²) in [4.78, 5) is 18.7. The van der Waals surface area contributed by atoms with Crippen molar-refractivity contribution in [3.63, 3.8) is 0 Å². The molecule has 0 spiro atoms. The molecule has 0 atom stereocenters. The lowest BCUT2D eigenvalue weighted by Gasteiger charge is -2.30. The second-order valence-corrected chi connectivity index (χ2v) is 8.25. The van der Waals surface area contributed by atoms with Crippen molar-refractivity contribution in [2.24, 2.45) is 17.4 Å². The highest BCUT2D eigenvalue weighted by molar-refractivity contribution is 7.16. The largest absolute Gasteiger partial charge is 0.506 e. The van der Waals surface area contributed by atoms with Gasteiger partial charge in [0.05, 0.1) is 15.9 Å². The van der Waals surface area contributed by atoms with E-state index in [1.54, 1.807) is 12.4 Å². The monoisotopic (exact) mass is 397 g/mol. The molecule has 1 aliphatic rings. The van der Waals surface area contributed by atoms with Gasteiger partial charge in [-0.3, -0.25) is 14.3 Å². The number of likely N-dealkylation sites (tertiary alicyclic amines) is 1. The van der Waals surface area contributed by atoms with Gasteiger partial charge in [-0.1, -0.05) is 12.6 Å². The third-order valence-corrected chi connectivity index (χ3v) is 6.44. The number of nitrogens with zero attached hydrogens (tertiary/aromatic N) is 3. The maximum absolute atomic E-state index is 11.3. The van der Waals surface area contributed by atoms with E-state index in [9.17, 15) is 9.90 Å². The van der Waals surface area contributed by atoms with E-state index in [-0.39, 0.29) is 17.6 Å². The molecule has 5 N–H and O–H groups in total. The molecule has 0 bridgehead atoms. The zero-order valence-electron chi connectivity index (χ0n) is 15.5. The minimum absolute atomic E-state index is 0.00170. The number of rotatable bonds is 5. The third kappa shape index (κ3) is 3.48. The van der Waals surface area contributed by atoms with E-state index in [1.807, 2.05) is 10.6 Å². The topological polar surface area (TPSA) is 110 Å². The first-order valence-electron chi connectivity index (χ1n) is 9.18. The predicted molar refractivity (Wildman–Crippen MR) is 111 cm³/mol. The summed E-state index contributed by atoms with van der Waals surface area (Å²) in [5.41, 5.74) is 14.5. The van der Waals surface area contributed by atoms with Gasteiger partial charge in [-0.25, -0.2) is 4.98 Å². The van der Waals surface area contributed by atoms with Crippen LogP contribution in [0.3, 0.4) is 0 Å². The number of carbonyl (C=O) groups is 1. The molecular formula is C20H23N5O2S. The number of imidazole rings is 1. The molecule has 1 aromatic carbocycles. The smallest absolute Gasteiger partial charge is 0.220 e. The van der Waals surface area contributed by atoms with Crippen molar-refractivity contribution >= 4 is 34.0 Å². The zero-order chi connectivity index (χ0) is 19.8. The molecule has 28 heavy (non-hydrogen) atoms. The second-order valence-electron chi connectivity index (χ2n) is 7.21. The Bertz CT molecular complexity index is 1050. The first kappa shape index (κ1) is 18.5. The van der Waals surface area contributed by atoms with Gasteiger partial charge < -0.3 is 16.6 Å². The number of aromatic nitrogens is 2. The molecule has 0 saturated carbocycles. The van der Waals surface area contributed by atoms with Gasteiger partial charge in [0.2, 0.25) is 5.91 Å². The lowest BCUT2D eigenvalue weighted by atomic mass is 9.96. The first-order chi connectivity index (χ1) is 13.4. The number of carbonyl (C=O) groups excluding carboxylic acids is 1. The standard InChI is InChI=1S/C20H23N5O2S/c1-12(21)19-17(26)9-18(28-19)25-11-23-15-3-2-13(8-16(15)25)10-24-6-4-14(5-7-24)20(22)27/h2-3,8-9,11,14,26H,1,4-7,10,21H2,(H2,22,27). The van der Waals surface area contributed by atoms with Gasteiger partial charge in [0.1, 0.15) is 17.1 Å². The molecule has 3 aromatic rings. The summed E-state index contributed by atoms with van der Waals surface area (Å²) in [6.07, 6.45) is 3.38. The number of hydrogen-bond donors (Lipinski definition) is 3. The van der Waals surface area contributed by atoms with Crippen molar-refractivity contribution in [1.82, 2.24) is 14.5 Å². The van der Waals surface area contributed by atoms with Gasteiger partial charge >= 0.3 is 0 Å². The van der Waals surface area contributed by atoms with Gasteiger partial charge in [0.25, 0.3) is 0 Å². The van der Waals surface area contributed by atoms with E-state index >= 15 is 0 Å². The molecule has 1 fully saturated rings. The zero-order valence-corrected chi connectivity index (χ0v) is 16.3. The second kappa shape index (κ2) is 7.29. The van der Waals surface area contributed by atoms with Crippen LogP contribution in [0.4, 0.5) is 0 Å². The van der Waals surface area contributed by atoms with Crippen LogP contribution < -0.4 is 11.5 Å². The number of piperidine rings is 1. The maximum Gasteiger partial charge on any atom is 0.220 e. The third-order valence-electron chi connectivity index (χ3n) is 5.24. The van der Waals surface area contributed by atoms with Crippen LogP contribution in [0.5, 0.6) is 5.75 Å². The summed E-state index contributed by atoms with van der Waals surface area (Å²) in [5, 5.41) is 10.9. The van der Waals surface area contributed by atoms with Crippen molar-refractivity contribution in [3.05, 3.63) is 47.6 Å². The Morgan fingerprint density at radius 3 is 2.68 bits per heavy atom. The van der Waals surface area contributed by atoms with Gasteiger partial charge in [-0.15, -0.1) is 11.3 Å². The number of benzene rings is 1. The van der Waals surface area contributed by atoms with Crippen LogP contribution in [0, 0.1) is 5.92 Å². The Labute approximate surface area is 166 Å². The summed E-state index contributed by atoms with van der Waals surface area (Å²) < 4.78 is 1.95. The fraction of sp³-hybridized carbons (Fsp3) is 0.300. The summed E-state index contributed by atoms with van der Waals surface area (Å²) in [6.45, 7) is 6.25. The number of primary amides is 1. The van der Waals surface area contributed by atoms with Crippen LogP contribution in [0.1, 0.15) is 23.3 Å². The molecule has 2 aromatic heterocycles. The Kier molecular flexibility index (Phi) is 4.82. The quantitative estimate of drug-likeness (QED) is 0.612. The normalized spacial score (nSPS) is 15.9. The average molecular weight is 398 g/mol. The lowest BCUT2D eigenvalue weighted by Crippen LogP contribution is -2.38. The highest BCUT2D eigenvalue weighted by atomic mass is 32.1. The highest BCUT2D eigenvalue weighted by Gasteiger charge is 2.23. The van der Waals surface area contributed by atoms with E-state index in [1.165, 1.54) is 16.9 Å². The van der Waals surface area contributed by atoms with E-state index < -0.39 is 0 Å². The van der Waals surface area contributed by atoms with Crippen molar-refractivity contribution in [2.75, 3.05) is 13.1 Å². The molecule has 0 radical (unpaired) electrons. The van der Waals surface area contributed by atoms with Gasteiger partial charge in [0, 0.05) is 24.2 Å². The lowest BCUT2D eigenvalue weighted by molar-refractivity contribution is -0.123. The Morgan fingerprint density at radius 2 is 2.04 bits per heavy atom. The Morgan fingerprint density at radius 1 is 1.29 bits per heavy atom. The SMILES string of the molecule is C=C(N)c1sc(-n2cnc3ccc(CN4CCC(C(N)=O)CC4)cc32)cc1O. The summed E-state index contributed by atoms with van der Waals surface area (Å²) >= 11 is 1.38. The molecule has 0 aliphatic carbocycles. The summed E-state index contributed by atoms with van der Waals surface area (Å²) in [6, 6.07) is 7.89. The molecule has 3 heterocycles. The van der Waals surface area contributed by atoms with Gasteiger partial charge in [0.15, 0.2) is 0 Å². The highest BCUT2D eigenvalue weighted by Crippen LogP contribution is 2.35.